The number of nitrogens with zero attached hydrogens (tertiary/aromatic N) is 3. The number of hydrogen-bond donors (Lipinski definition) is 0. The second kappa shape index (κ2) is 11.2. The van der Waals surface area contributed by atoms with Crippen molar-refractivity contribution in [3.63, 3.8) is 0 Å². The topological polar surface area (TPSA) is 38.7 Å². The number of thiophene rings is 1. The highest BCUT2D eigenvalue weighted by molar-refractivity contribution is 7.26. The minimum absolute atomic E-state index is 0.690. The minimum Gasteiger partial charge on any atom is -0.247 e. The molecule has 10 aromatic rings. The van der Waals surface area contributed by atoms with Crippen molar-refractivity contribution in [2.24, 2.45) is 0 Å². The van der Waals surface area contributed by atoms with Crippen molar-refractivity contribution in [3.05, 3.63) is 164 Å². The first-order valence-corrected chi connectivity index (χ1v) is 17.3. The molecule has 4 heteroatoms. The van der Waals surface area contributed by atoms with Crippen molar-refractivity contribution in [3.8, 4) is 45.2 Å². The van der Waals surface area contributed by atoms with E-state index in [2.05, 4.69) is 152 Å². The Kier molecular flexibility index (Phi) is 6.36. The second-order valence-electron chi connectivity index (χ2n) is 12.3. The molecule has 0 aliphatic heterocycles. The quantitative estimate of drug-likeness (QED) is 0.180. The van der Waals surface area contributed by atoms with Gasteiger partial charge in [0.2, 0.25) is 0 Å². The van der Waals surface area contributed by atoms with Gasteiger partial charge in [-0.1, -0.05) is 140 Å². The Morgan fingerprint density at radius 1 is 0.408 bits per heavy atom. The first kappa shape index (κ1) is 27.8. The number of fused-ring (bicyclic) bond motifs is 8. The third kappa shape index (κ3) is 4.53. The second-order valence-corrected chi connectivity index (χ2v) is 13.4. The average molecular weight is 642 g/mol. The van der Waals surface area contributed by atoms with Crippen LogP contribution in [-0.2, 0) is 0 Å². The Labute approximate surface area is 286 Å². The van der Waals surface area contributed by atoms with Crippen LogP contribution in [0.5, 0.6) is 0 Å². The third-order valence-electron chi connectivity index (χ3n) is 9.46. The summed E-state index contributed by atoms with van der Waals surface area (Å²) in [6.45, 7) is 0. The monoisotopic (exact) mass is 641 g/mol. The van der Waals surface area contributed by atoms with Gasteiger partial charge in [-0.3, -0.25) is 0 Å². The molecule has 0 aliphatic rings. The van der Waals surface area contributed by atoms with E-state index < -0.39 is 0 Å². The van der Waals surface area contributed by atoms with E-state index in [4.69, 9.17) is 15.0 Å². The van der Waals surface area contributed by atoms with Gasteiger partial charge in [0, 0.05) is 47.8 Å². The van der Waals surface area contributed by atoms with Gasteiger partial charge in [0.25, 0.3) is 0 Å². The Morgan fingerprint density at radius 3 is 1.76 bits per heavy atom. The van der Waals surface area contributed by atoms with E-state index in [1.807, 2.05) is 23.5 Å². The van der Waals surface area contributed by atoms with Crippen LogP contribution in [0.1, 0.15) is 0 Å². The molecule has 0 aliphatic carbocycles. The molecule has 3 nitrogen and oxygen atoms in total. The summed E-state index contributed by atoms with van der Waals surface area (Å²) in [5.74, 6) is 0.690. The zero-order valence-electron chi connectivity index (χ0n) is 26.3. The number of rotatable bonds is 4. The van der Waals surface area contributed by atoms with Gasteiger partial charge in [-0.2, -0.15) is 0 Å². The Hall–Kier alpha value is -6.23. The third-order valence-corrected chi connectivity index (χ3v) is 10.7. The lowest BCUT2D eigenvalue weighted by Crippen LogP contribution is -1.97. The highest BCUT2D eigenvalue weighted by Crippen LogP contribution is 2.47. The molecule has 49 heavy (non-hydrogen) atoms. The molecular formula is C45H27N3S. The molecule has 0 fully saturated rings. The highest BCUT2D eigenvalue weighted by Gasteiger charge is 2.22. The van der Waals surface area contributed by atoms with Crippen molar-refractivity contribution in [1.82, 2.24) is 15.0 Å². The highest BCUT2D eigenvalue weighted by atomic mass is 32.1. The van der Waals surface area contributed by atoms with Crippen LogP contribution in [0.15, 0.2) is 164 Å². The van der Waals surface area contributed by atoms with E-state index in [-0.39, 0.29) is 0 Å². The summed E-state index contributed by atoms with van der Waals surface area (Å²) in [6.07, 6.45) is 0. The molecule has 0 unspecified atom stereocenters. The maximum absolute atomic E-state index is 5.55. The molecule has 0 N–H and O–H groups in total. The standard InChI is InChI=1S/C45H27N3S/c1-3-14-28(15-4-1)38-27-39(29-16-5-2-6-17-29)48-45(47-38)35-23-13-24-37-41(35)44-42(34-22-11-12-25-40(34)49-44)43(46-37)36-26-30-18-7-8-19-31(30)32-20-9-10-21-33(32)36/h1-27H. The zero-order chi connectivity index (χ0) is 32.3. The molecule has 0 saturated carbocycles. The molecule has 0 radical (unpaired) electrons. The largest absolute Gasteiger partial charge is 0.247 e. The van der Waals surface area contributed by atoms with E-state index in [9.17, 15) is 0 Å². The lowest BCUT2D eigenvalue weighted by Gasteiger charge is -2.15. The van der Waals surface area contributed by atoms with E-state index in [1.54, 1.807) is 0 Å². The van der Waals surface area contributed by atoms with Crippen molar-refractivity contribution < 1.29 is 0 Å². The van der Waals surface area contributed by atoms with Gasteiger partial charge in [-0.25, -0.2) is 15.0 Å². The molecule has 228 valence electrons. The molecule has 3 aromatic heterocycles. The van der Waals surface area contributed by atoms with E-state index in [0.29, 0.717) is 5.82 Å². The van der Waals surface area contributed by atoms with Crippen LogP contribution in [-0.4, -0.2) is 15.0 Å². The fourth-order valence-electron chi connectivity index (χ4n) is 7.22. The molecule has 7 aromatic carbocycles. The average Bonchev–Trinajstić information content (AvgIpc) is 3.57. The predicted molar refractivity (Wildman–Crippen MR) is 207 cm³/mol. The molecular weight excluding hydrogens is 615 g/mol. The molecule has 0 saturated heterocycles. The van der Waals surface area contributed by atoms with Gasteiger partial charge in [-0.05, 0) is 45.8 Å². The van der Waals surface area contributed by atoms with Crippen LogP contribution >= 0.6 is 11.3 Å². The van der Waals surface area contributed by atoms with Crippen molar-refractivity contribution >= 4 is 64.0 Å². The van der Waals surface area contributed by atoms with Crippen LogP contribution < -0.4 is 0 Å². The summed E-state index contributed by atoms with van der Waals surface area (Å²) < 4.78 is 2.43. The first-order chi connectivity index (χ1) is 24.3. The van der Waals surface area contributed by atoms with Gasteiger partial charge in [0.15, 0.2) is 5.82 Å². The summed E-state index contributed by atoms with van der Waals surface area (Å²) in [5, 5.41) is 8.36. The van der Waals surface area contributed by atoms with E-state index in [1.165, 1.54) is 41.7 Å². The SMILES string of the molecule is c1ccc(-c2cc(-c3ccccc3)nc(-c3cccc4nc(-c5cc6ccccc6c6ccccc56)c5c6ccccc6sc5c34)n2)cc1. The zero-order valence-corrected chi connectivity index (χ0v) is 27.2. The minimum atomic E-state index is 0.690. The van der Waals surface area contributed by atoms with Crippen molar-refractivity contribution in [2.45, 2.75) is 0 Å². The summed E-state index contributed by atoms with van der Waals surface area (Å²) in [6, 6.07) is 57.6. The van der Waals surface area contributed by atoms with E-state index in [0.717, 1.165) is 50.2 Å². The lowest BCUT2D eigenvalue weighted by atomic mass is 9.93. The Morgan fingerprint density at radius 2 is 1.02 bits per heavy atom. The van der Waals surface area contributed by atoms with Gasteiger partial charge in [-0.15, -0.1) is 11.3 Å². The molecule has 10 rings (SSSR count). The fraction of sp³-hybridized carbons (Fsp3) is 0. The van der Waals surface area contributed by atoms with Crippen LogP contribution in [0, 0.1) is 0 Å². The van der Waals surface area contributed by atoms with Crippen LogP contribution in [0.25, 0.3) is 97.8 Å². The molecule has 0 bridgehead atoms. The molecule has 0 atom stereocenters. The molecule has 0 amide bonds. The molecule has 3 heterocycles. The van der Waals surface area contributed by atoms with Crippen LogP contribution in [0.3, 0.4) is 0 Å². The summed E-state index contributed by atoms with van der Waals surface area (Å²) >= 11 is 1.82. The summed E-state index contributed by atoms with van der Waals surface area (Å²) in [7, 11) is 0. The van der Waals surface area contributed by atoms with E-state index >= 15 is 0 Å². The number of benzene rings is 7. The normalized spacial score (nSPS) is 11.7. The van der Waals surface area contributed by atoms with Gasteiger partial charge in [0.1, 0.15) is 0 Å². The summed E-state index contributed by atoms with van der Waals surface area (Å²) in [5.41, 5.74) is 7.94. The Balaban J connectivity index is 1.32. The van der Waals surface area contributed by atoms with Crippen molar-refractivity contribution in [2.75, 3.05) is 0 Å². The van der Waals surface area contributed by atoms with Crippen LogP contribution in [0.4, 0.5) is 0 Å². The van der Waals surface area contributed by atoms with Crippen LogP contribution in [0.2, 0.25) is 0 Å². The van der Waals surface area contributed by atoms with Crippen molar-refractivity contribution in [1.29, 1.82) is 0 Å². The summed E-state index contributed by atoms with van der Waals surface area (Å²) in [4.78, 5) is 16.0. The maximum Gasteiger partial charge on any atom is 0.161 e. The lowest BCUT2D eigenvalue weighted by molar-refractivity contribution is 1.19. The molecule has 0 spiro atoms. The number of aromatic nitrogens is 3. The number of pyridine rings is 1. The van der Waals surface area contributed by atoms with Gasteiger partial charge >= 0.3 is 0 Å². The van der Waals surface area contributed by atoms with Gasteiger partial charge in [0.05, 0.1) is 22.6 Å². The smallest absolute Gasteiger partial charge is 0.161 e. The fourth-order valence-corrected chi connectivity index (χ4v) is 8.49. The number of hydrogen-bond acceptors (Lipinski definition) is 4. The predicted octanol–water partition coefficient (Wildman–Crippen LogP) is 12.4. The first-order valence-electron chi connectivity index (χ1n) is 16.5. The maximum atomic E-state index is 5.55. The Bertz CT molecular complexity index is 2820. The van der Waals surface area contributed by atoms with Gasteiger partial charge < -0.3 is 0 Å².